The van der Waals surface area contributed by atoms with Crippen molar-refractivity contribution in [2.24, 2.45) is 0 Å². The molecule has 0 spiro atoms. The molecule has 0 unspecified atom stereocenters. The van der Waals surface area contributed by atoms with Gasteiger partial charge in [0.1, 0.15) is 5.75 Å². The van der Waals surface area contributed by atoms with Gasteiger partial charge in [-0.25, -0.2) is 19.9 Å². The van der Waals surface area contributed by atoms with Crippen LogP contribution >= 0.6 is 0 Å². The fourth-order valence-electron chi connectivity index (χ4n) is 4.45. The maximum Gasteiger partial charge on any atom is 0.180 e. The van der Waals surface area contributed by atoms with Crippen LogP contribution in [0.3, 0.4) is 0 Å². The number of ether oxygens (including phenoxy) is 1. The lowest BCUT2D eigenvalue weighted by Crippen LogP contribution is -2.38. The zero-order valence-corrected chi connectivity index (χ0v) is 18.6. The van der Waals surface area contributed by atoms with Crippen molar-refractivity contribution in [3.05, 3.63) is 55.4 Å². The molecule has 1 aliphatic rings. The first-order valence-corrected chi connectivity index (χ1v) is 11.2. The van der Waals surface area contributed by atoms with Crippen LogP contribution in [0.2, 0.25) is 0 Å². The van der Waals surface area contributed by atoms with Gasteiger partial charge in [-0.05, 0) is 31.0 Å². The molecule has 172 valence electrons. The number of nitrogens with zero attached hydrogens (tertiary/aromatic N) is 6. The van der Waals surface area contributed by atoms with Gasteiger partial charge in [-0.2, -0.15) is 0 Å². The highest BCUT2D eigenvalue weighted by molar-refractivity contribution is 5.79. The monoisotopic (exact) mass is 456 g/mol. The number of aliphatic hydroxyl groups is 1. The first-order valence-electron chi connectivity index (χ1n) is 11.2. The fourth-order valence-corrected chi connectivity index (χ4v) is 4.45. The molecule has 5 heterocycles. The molecule has 6 rings (SSSR count). The van der Waals surface area contributed by atoms with E-state index in [-0.39, 0.29) is 6.10 Å². The average molecular weight is 457 g/mol. The number of piperidine rings is 1. The van der Waals surface area contributed by atoms with Gasteiger partial charge in [-0.3, -0.25) is 0 Å². The van der Waals surface area contributed by atoms with Crippen LogP contribution in [0.25, 0.3) is 28.1 Å². The topological polar surface area (TPSA) is 116 Å². The number of nitrogens with one attached hydrogen (secondary N) is 2. The van der Waals surface area contributed by atoms with Crippen molar-refractivity contribution in [1.82, 2.24) is 29.3 Å². The van der Waals surface area contributed by atoms with Gasteiger partial charge in [0.2, 0.25) is 0 Å². The van der Waals surface area contributed by atoms with Gasteiger partial charge in [-0.1, -0.05) is 0 Å². The predicted octanol–water partition coefficient (Wildman–Crippen LogP) is 3.38. The number of benzene rings is 1. The summed E-state index contributed by atoms with van der Waals surface area (Å²) >= 11 is 0. The number of hydrogen-bond donors (Lipinski definition) is 3. The van der Waals surface area contributed by atoms with E-state index in [0.717, 1.165) is 53.3 Å². The van der Waals surface area contributed by atoms with E-state index in [1.807, 2.05) is 41.1 Å². The molecule has 34 heavy (non-hydrogen) atoms. The van der Waals surface area contributed by atoms with Crippen LogP contribution in [0.15, 0.2) is 55.4 Å². The summed E-state index contributed by atoms with van der Waals surface area (Å²) in [5.41, 5.74) is 5.64. The molecule has 0 saturated carbocycles. The summed E-state index contributed by atoms with van der Waals surface area (Å²) in [4.78, 5) is 23.2. The SMILES string of the molecule is COc1cc(Nc2nc(-c3cnc4nc[nH]c4c3)cn3ccnc23)ccc1N1CCC[C@@H](O)C1. The van der Waals surface area contributed by atoms with Crippen molar-refractivity contribution < 1.29 is 9.84 Å². The van der Waals surface area contributed by atoms with E-state index in [0.29, 0.717) is 23.7 Å². The molecule has 0 radical (unpaired) electrons. The summed E-state index contributed by atoms with van der Waals surface area (Å²) in [6, 6.07) is 7.93. The zero-order valence-electron chi connectivity index (χ0n) is 18.6. The molecule has 10 heteroatoms. The summed E-state index contributed by atoms with van der Waals surface area (Å²) in [6.45, 7) is 1.50. The number of rotatable bonds is 5. The second-order valence-corrected chi connectivity index (χ2v) is 8.38. The smallest absolute Gasteiger partial charge is 0.180 e. The molecular formula is C24H24N8O2. The maximum atomic E-state index is 10.1. The zero-order chi connectivity index (χ0) is 23.1. The van der Waals surface area contributed by atoms with Crippen LogP contribution in [0.5, 0.6) is 5.75 Å². The lowest BCUT2D eigenvalue weighted by Gasteiger charge is -2.33. The van der Waals surface area contributed by atoms with Crippen LogP contribution in [-0.4, -0.2) is 60.7 Å². The Morgan fingerprint density at radius 3 is 3.03 bits per heavy atom. The van der Waals surface area contributed by atoms with Crippen molar-refractivity contribution in [2.75, 3.05) is 30.4 Å². The Kier molecular flexibility index (Phi) is 4.99. The summed E-state index contributed by atoms with van der Waals surface area (Å²) in [6.07, 6.45) is 10.4. The minimum Gasteiger partial charge on any atom is -0.495 e. The summed E-state index contributed by atoms with van der Waals surface area (Å²) in [7, 11) is 1.66. The number of aromatic nitrogens is 6. The molecule has 1 aromatic carbocycles. The number of aliphatic hydroxyl groups excluding tert-OH is 1. The molecule has 5 aromatic rings. The fraction of sp³-hybridized carbons (Fsp3) is 0.250. The number of β-amino-alcohol motifs (C(OH)–C–C–N with tert-alkyl or cyclic N) is 1. The van der Waals surface area contributed by atoms with E-state index in [9.17, 15) is 5.11 Å². The Bertz CT molecular complexity index is 1480. The Labute approximate surface area is 195 Å². The maximum absolute atomic E-state index is 10.1. The Morgan fingerprint density at radius 1 is 1.21 bits per heavy atom. The molecule has 10 nitrogen and oxygen atoms in total. The molecule has 0 amide bonds. The molecule has 1 atom stereocenters. The van der Waals surface area contributed by atoms with Gasteiger partial charge in [0.15, 0.2) is 17.1 Å². The van der Waals surface area contributed by atoms with Crippen molar-refractivity contribution in [3.8, 4) is 17.0 Å². The van der Waals surface area contributed by atoms with Gasteiger partial charge < -0.3 is 29.4 Å². The molecule has 1 aliphatic heterocycles. The van der Waals surface area contributed by atoms with Crippen LogP contribution in [0.4, 0.5) is 17.2 Å². The minimum atomic E-state index is -0.313. The van der Waals surface area contributed by atoms with Gasteiger partial charge in [-0.15, -0.1) is 0 Å². The second kappa shape index (κ2) is 8.31. The third kappa shape index (κ3) is 3.67. The molecule has 1 saturated heterocycles. The lowest BCUT2D eigenvalue weighted by atomic mass is 10.1. The normalized spacial score (nSPS) is 16.3. The van der Waals surface area contributed by atoms with Crippen LogP contribution in [0, 0.1) is 0 Å². The summed E-state index contributed by atoms with van der Waals surface area (Å²) in [5, 5.41) is 13.5. The van der Waals surface area contributed by atoms with Crippen LogP contribution < -0.4 is 15.0 Å². The number of imidazole rings is 2. The van der Waals surface area contributed by atoms with E-state index in [1.54, 1.807) is 25.8 Å². The number of methoxy groups -OCH3 is 1. The minimum absolute atomic E-state index is 0.313. The predicted molar refractivity (Wildman–Crippen MR) is 130 cm³/mol. The van der Waals surface area contributed by atoms with E-state index in [1.165, 1.54) is 0 Å². The standard InChI is InChI=1S/C24H24N8O2/c1-34-21-10-16(4-5-20(21)31-7-2-3-17(33)12-31)29-23-24-25-6-8-32(24)13-19(30-23)15-9-18-22(26-11-15)28-14-27-18/h4-6,8-11,13-14,17,33H,2-3,7,12H2,1H3,(H,29,30)(H,26,27,28)/t17-/m1/s1. The second-order valence-electron chi connectivity index (χ2n) is 8.38. The highest BCUT2D eigenvalue weighted by Gasteiger charge is 2.21. The van der Waals surface area contributed by atoms with Crippen LogP contribution in [-0.2, 0) is 0 Å². The highest BCUT2D eigenvalue weighted by atomic mass is 16.5. The summed E-state index contributed by atoms with van der Waals surface area (Å²) < 4.78 is 7.62. The molecule has 0 bridgehead atoms. The molecule has 0 aliphatic carbocycles. The molecule has 1 fully saturated rings. The third-order valence-corrected chi connectivity index (χ3v) is 6.12. The van der Waals surface area contributed by atoms with E-state index >= 15 is 0 Å². The van der Waals surface area contributed by atoms with E-state index in [2.05, 4.69) is 30.2 Å². The van der Waals surface area contributed by atoms with Gasteiger partial charge in [0.05, 0.1) is 36.4 Å². The lowest BCUT2D eigenvalue weighted by molar-refractivity contribution is 0.154. The summed E-state index contributed by atoms with van der Waals surface area (Å²) in [5.74, 6) is 1.36. The number of fused-ring (bicyclic) bond motifs is 2. The largest absolute Gasteiger partial charge is 0.495 e. The van der Waals surface area contributed by atoms with Gasteiger partial charge in [0.25, 0.3) is 0 Å². The molecular weight excluding hydrogens is 432 g/mol. The third-order valence-electron chi connectivity index (χ3n) is 6.12. The van der Waals surface area contributed by atoms with Gasteiger partial charge in [0, 0.05) is 55.2 Å². The Hall–Kier alpha value is -4.18. The molecule has 4 aromatic heterocycles. The highest BCUT2D eigenvalue weighted by Crippen LogP contribution is 2.34. The number of hydrogen-bond acceptors (Lipinski definition) is 8. The Morgan fingerprint density at radius 2 is 2.15 bits per heavy atom. The number of H-pyrrole nitrogens is 1. The van der Waals surface area contributed by atoms with E-state index in [4.69, 9.17) is 9.72 Å². The van der Waals surface area contributed by atoms with Crippen molar-refractivity contribution in [1.29, 1.82) is 0 Å². The number of aromatic amines is 1. The Balaban J connectivity index is 1.36. The first kappa shape index (κ1) is 20.4. The van der Waals surface area contributed by atoms with E-state index < -0.39 is 0 Å². The van der Waals surface area contributed by atoms with Crippen molar-refractivity contribution in [2.45, 2.75) is 18.9 Å². The van der Waals surface area contributed by atoms with Crippen molar-refractivity contribution >= 4 is 34.0 Å². The first-order chi connectivity index (χ1) is 16.7. The average Bonchev–Trinajstić information content (AvgIpc) is 3.53. The molecule has 3 N–H and O–H groups in total. The van der Waals surface area contributed by atoms with Gasteiger partial charge >= 0.3 is 0 Å². The number of pyridine rings is 1. The van der Waals surface area contributed by atoms with Crippen molar-refractivity contribution in [3.63, 3.8) is 0 Å². The van der Waals surface area contributed by atoms with Crippen LogP contribution in [0.1, 0.15) is 12.8 Å². The number of anilines is 3. The quantitative estimate of drug-likeness (QED) is 0.369.